The van der Waals surface area contributed by atoms with Crippen molar-refractivity contribution in [3.8, 4) is 0 Å². The quantitative estimate of drug-likeness (QED) is 0.586. The van der Waals surface area contributed by atoms with Gasteiger partial charge in [0.25, 0.3) is 10.2 Å². The van der Waals surface area contributed by atoms with E-state index in [9.17, 15) is 18.0 Å². The smallest absolute Gasteiger partial charge is 0.274 e. The predicted molar refractivity (Wildman–Crippen MR) is 76.1 cm³/mol. The zero-order valence-corrected chi connectivity index (χ0v) is 12.7. The van der Waals surface area contributed by atoms with Gasteiger partial charge in [0.1, 0.15) is 0 Å². The third-order valence-corrected chi connectivity index (χ3v) is 4.59. The van der Waals surface area contributed by atoms with Gasteiger partial charge in [-0.1, -0.05) is 0 Å². The first kappa shape index (κ1) is 16.2. The van der Waals surface area contributed by atoms with Crippen LogP contribution in [0.2, 0.25) is 0 Å². The van der Waals surface area contributed by atoms with Gasteiger partial charge in [-0.15, -0.1) is 0 Å². The van der Waals surface area contributed by atoms with Crippen LogP contribution in [-0.4, -0.2) is 51.3 Å². The molecule has 2 heterocycles. The van der Waals surface area contributed by atoms with E-state index in [1.807, 2.05) is 0 Å². The summed E-state index contributed by atoms with van der Waals surface area (Å²) in [4.78, 5) is 25.3. The first-order chi connectivity index (χ1) is 9.85. The highest BCUT2D eigenvalue weighted by Gasteiger charge is 2.31. The molecule has 0 aromatic rings. The minimum atomic E-state index is -3.69. The number of hydrogen-bond donors (Lipinski definition) is 3. The summed E-state index contributed by atoms with van der Waals surface area (Å²) in [5, 5.41) is 7.63. The largest absolute Gasteiger partial charge is 0.355 e. The monoisotopic (exact) mass is 318 g/mol. The number of amides is 2. The minimum absolute atomic E-state index is 0.00655. The lowest BCUT2D eigenvalue weighted by molar-refractivity contribution is -0.139. The van der Waals surface area contributed by atoms with Crippen LogP contribution in [0.3, 0.4) is 0 Å². The Morgan fingerprint density at radius 3 is 2.81 bits per heavy atom. The van der Waals surface area contributed by atoms with Crippen LogP contribution in [0, 0.1) is 11.8 Å². The topological polar surface area (TPSA) is 122 Å². The van der Waals surface area contributed by atoms with Crippen molar-refractivity contribution in [3.05, 3.63) is 0 Å². The maximum absolute atomic E-state index is 12.4. The molecule has 4 N–H and O–H groups in total. The fourth-order valence-electron chi connectivity index (χ4n) is 2.87. The summed E-state index contributed by atoms with van der Waals surface area (Å²) in [6, 6.07) is 0. The summed E-state index contributed by atoms with van der Waals surface area (Å²) >= 11 is 0. The molecule has 2 atom stereocenters. The molecule has 0 radical (unpaired) electrons. The van der Waals surface area contributed by atoms with Crippen LogP contribution in [0.1, 0.15) is 25.7 Å². The van der Waals surface area contributed by atoms with Crippen molar-refractivity contribution in [2.24, 2.45) is 17.0 Å². The van der Waals surface area contributed by atoms with E-state index in [-0.39, 0.29) is 30.2 Å². The Labute approximate surface area is 124 Å². The molecule has 2 aliphatic rings. The van der Waals surface area contributed by atoms with Crippen LogP contribution in [0.4, 0.5) is 0 Å². The Hall–Kier alpha value is -1.19. The second kappa shape index (κ2) is 6.71. The van der Waals surface area contributed by atoms with Crippen LogP contribution in [0.5, 0.6) is 0 Å². The van der Waals surface area contributed by atoms with Gasteiger partial charge in [-0.2, -0.15) is 8.42 Å². The molecule has 0 spiro atoms. The van der Waals surface area contributed by atoms with E-state index in [1.165, 1.54) is 0 Å². The lowest BCUT2D eigenvalue weighted by Gasteiger charge is -2.35. The van der Waals surface area contributed by atoms with Gasteiger partial charge < -0.3 is 10.2 Å². The number of rotatable bonds is 4. The molecule has 2 rings (SSSR count). The van der Waals surface area contributed by atoms with E-state index < -0.39 is 10.2 Å². The Kier molecular flexibility index (Phi) is 5.17. The van der Waals surface area contributed by atoms with E-state index in [4.69, 9.17) is 5.14 Å². The summed E-state index contributed by atoms with van der Waals surface area (Å²) in [5.41, 5.74) is 0. The van der Waals surface area contributed by atoms with E-state index in [0.29, 0.717) is 32.5 Å². The normalized spacial score (nSPS) is 27.3. The van der Waals surface area contributed by atoms with Crippen molar-refractivity contribution in [1.82, 2.24) is 14.9 Å². The van der Waals surface area contributed by atoms with Crippen LogP contribution in [-0.2, 0) is 19.8 Å². The maximum atomic E-state index is 12.4. The van der Waals surface area contributed by atoms with Crippen molar-refractivity contribution >= 4 is 22.0 Å². The van der Waals surface area contributed by atoms with E-state index in [2.05, 4.69) is 10.0 Å². The van der Waals surface area contributed by atoms with Crippen molar-refractivity contribution < 1.29 is 18.0 Å². The molecule has 8 nitrogen and oxygen atoms in total. The third-order valence-electron chi connectivity index (χ3n) is 4.02. The first-order valence-corrected chi connectivity index (χ1v) is 8.72. The Morgan fingerprint density at radius 2 is 2.19 bits per heavy atom. The molecule has 0 aromatic carbocycles. The average molecular weight is 318 g/mol. The van der Waals surface area contributed by atoms with Crippen molar-refractivity contribution in [2.45, 2.75) is 25.7 Å². The average Bonchev–Trinajstić information content (AvgIpc) is 2.45. The molecule has 0 saturated carbocycles. The molecule has 9 heteroatoms. The number of likely N-dealkylation sites (tertiary alicyclic amines) is 1. The molecule has 2 fully saturated rings. The van der Waals surface area contributed by atoms with Crippen molar-refractivity contribution in [2.75, 3.05) is 26.2 Å². The van der Waals surface area contributed by atoms with Gasteiger partial charge in [0.05, 0.1) is 5.92 Å². The van der Waals surface area contributed by atoms with Crippen molar-refractivity contribution in [1.29, 1.82) is 0 Å². The molecule has 120 valence electrons. The Balaban J connectivity index is 1.85. The van der Waals surface area contributed by atoms with Gasteiger partial charge in [-0.3, -0.25) is 9.59 Å². The number of nitrogens with one attached hydrogen (secondary N) is 2. The Bertz CT molecular complexity index is 497. The summed E-state index contributed by atoms with van der Waals surface area (Å²) in [6.07, 6.45) is 2.69. The molecule has 0 bridgehead atoms. The molecule has 0 aliphatic carbocycles. The summed E-state index contributed by atoms with van der Waals surface area (Å²) in [7, 11) is -3.69. The van der Waals surface area contributed by atoms with Crippen LogP contribution >= 0.6 is 0 Å². The van der Waals surface area contributed by atoms with E-state index in [0.717, 1.165) is 12.8 Å². The zero-order chi connectivity index (χ0) is 15.5. The number of nitrogens with two attached hydrogens (primary N) is 1. The second-order valence-electron chi connectivity index (χ2n) is 5.73. The predicted octanol–water partition coefficient (Wildman–Crippen LogP) is -1.46. The highest BCUT2D eigenvalue weighted by atomic mass is 32.2. The second-order valence-corrected chi connectivity index (χ2v) is 7.10. The molecule has 2 saturated heterocycles. The third kappa shape index (κ3) is 4.94. The first-order valence-electron chi connectivity index (χ1n) is 7.18. The fraction of sp³-hybridized carbons (Fsp3) is 0.833. The van der Waals surface area contributed by atoms with E-state index >= 15 is 0 Å². The molecule has 0 aromatic heterocycles. The highest BCUT2D eigenvalue weighted by molar-refractivity contribution is 7.87. The van der Waals surface area contributed by atoms with Crippen LogP contribution < -0.4 is 15.2 Å². The lowest BCUT2D eigenvalue weighted by atomic mass is 9.93. The van der Waals surface area contributed by atoms with E-state index in [1.54, 1.807) is 4.90 Å². The summed E-state index contributed by atoms with van der Waals surface area (Å²) < 4.78 is 24.1. The van der Waals surface area contributed by atoms with Crippen LogP contribution in [0.15, 0.2) is 0 Å². The Morgan fingerprint density at radius 1 is 1.43 bits per heavy atom. The molecule has 21 heavy (non-hydrogen) atoms. The number of carbonyl (C=O) groups excluding carboxylic acids is 2. The molecule has 2 unspecified atom stereocenters. The molecular weight excluding hydrogens is 296 g/mol. The van der Waals surface area contributed by atoms with Gasteiger partial charge in [0, 0.05) is 32.6 Å². The van der Waals surface area contributed by atoms with Gasteiger partial charge in [-0.25, -0.2) is 9.86 Å². The number of carbonyl (C=O) groups is 2. The van der Waals surface area contributed by atoms with Crippen molar-refractivity contribution in [3.63, 3.8) is 0 Å². The van der Waals surface area contributed by atoms with Crippen LogP contribution in [0.25, 0.3) is 0 Å². The van der Waals surface area contributed by atoms with Gasteiger partial charge in [0.15, 0.2) is 0 Å². The lowest BCUT2D eigenvalue weighted by Crippen LogP contribution is -2.49. The fourth-order valence-corrected chi connectivity index (χ4v) is 3.34. The van der Waals surface area contributed by atoms with Gasteiger partial charge in [-0.05, 0) is 25.2 Å². The van der Waals surface area contributed by atoms with Gasteiger partial charge >= 0.3 is 0 Å². The SMILES string of the molecule is NS(=O)(=O)NCC1CCCN(C(=O)C2CCC(=O)NC2)C1. The zero-order valence-electron chi connectivity index (χ0n) is 11.9. The molecule has 2 aliphatic heterocycles. The maximum Gasteiger partial charge on any atom is 0.274 e. The standard InChI is InChI=1S/C12H22N4O4S/c13-21(19,20)15-6-9-2-1-5-16(8-9)12(18)10-3-4-11(17)14-7-10/h9-10,15H,1-8H2,(H,14,17)(H2,13,19,20). The molecular formula is C12H22N4O4S. The summed E-state index contributed by atoms with van der Waals surface area (Å²) in [5.74, 6) is -0.0323. The summed E-state index contributed by atoms with van der Waals surface area (Å²) in [6.45, 7) is 1.87. The number of nitrogens with zero attached hydrogens (tertiary/aromatic N) is 1. The van der Waals surface area contributed by atoms with Gasteiger partial charge in [0.2, 0.25) is 11.8 Å². The number of piperidine rings is 2. The highest BCUT2D eigenvalue weighted by Crippen LogP contribution is 2.20. The number of hydrogen-bond acceptors (Lipinski definition) is 4. The minimum Gasteiger partial charge on any atom is -0.355 e. The molecule has 2 amide bonds.